The third-order valence-corrected chi connectivity index (χ3v) is 5.62. The number of hydrogen-bond donors (Lipinski definition) is 0. The Balaban J connectivity index is 1.56. The zero-order chi connectivity index (χ0) is 14.7. The van der Waals surface area contributed by atoms with E-state index in [0.29, 0.717) is 5.91 Å². The molecule has 1 amide bonds. The standard InChI is InChI=1S/C16H21ClN2OS/c17-14-2-1-3-15(12-14)18-6-8-19(9-7-18)16(20)13-4-10-21-11-5-13/h1-3,12-13H,4-11H2. The van der Waals surface area contributed by atoms with Gasteiger partial charge in [0.2, 0.25) is 5.91 Å². The van der Waals surface area contributed by atoms with Crippen LogP contribution in [0.5, 0.6) is 0 Å². The molecule has 3 nitrogen and oxygen atoms in total. The van der Waals surface area contributed by atoms with E-state index in [0.717, 1.165) is 61.2 Å². The molecule has 21 heavy (non-hydrogen) atoms. The Morgan fingerprint density at radius 1 is 1.14 bits per heavy atom. The van der Waals surface area contributed by atoms with Gasteiger partial charge in [0.25, 0.3) is 0 Å². The van der Waals surface area contributed by atoms with Crippen molar-refractivity contribution in [2.45, 2.75) is 12.8 Å². The molecule has 2 fully saturated rings. The summed E-state index contributed by atoms with van der Waals surface area (Å²) in [5.74, 6) is 2.92. The molecule has 2 aliphatic rings. The van der Waals surface area contributed by atoms with E-state index in [9.17, 15) is 4.79 Å². The number of amides is 1. The molecule has 0 radical (unpaired) electrons. The molecule has 2 heterocycles. The van der Waals surface area contributed by atoms with Crippen molar-refractivity contribution in [2.75, 3.05) is 42.6 Å². The Bertz CT molecular complexity index is 497. The fraction of sp³-hybridized carbons (Fsp3) is 0.562. The zero-order valence-corrected chi connectivity index (χ0v) is 13.7. The molecule has 1 aromatic carbocycles. The molecular weight excluding hydrogens is 304 g/mol. The Morgan fingerprint density at radius 2 is 1.86 bits per heavy atom. The number of nitrogens with zero attached hydrogens (tertiary/aromatic N) is 2. The lowest BCUT2D eigenvalue weighted by molar-refractivity contribution is -0.136. The van der Waals surface area contributed by atoms with Gasteiger partial charge in [0.05, 0.1) is 0 Å². The predicted molar refractivity (Wildman–Crippen MR) is 90.3 cm³/mol. The fourth-order valence-electron chi connectivity index (χ4n) is 3.06. The van der Waals surface area contributed by atoms with Gasteiger partial charge in [-0.2, -0.15) is 11.8 Å². The van der Waals surface area contributed by atoms with Gasteiger partial charge in [0.1, 0.15) is 0 Å². The quantitative estimate of drug-likeness (QED) is 0.835. The van der Waals surface area contributed by atoms with Gasteiger partial charge < -0.3 is 9.80 Å². The summed E-state index contributed by atoms with van der Waals surface area (Å²) in [6.07, 6.45) is 2.11. The molecule has 0 aromatic heterocycles. The topological polar surface area (TPSA) is 23.6 Å². The Morgan fingerprint density at radius 3 is 2.52 bits per heavy atom. The van der Waals surface area contributed by atoms with Gasteiger partial charge in [-0.05, 0) is 42.5 Å². The van der Waals surface area contributed by atoms with Gasteiger partial charge in [-0.3, -0.25) is 4.79 Å². The van der Waals surface area contributed by atoms with Gasteiger partial charge in [0, 0.05) is 42.8 Å². The monoisotopic (exact) mass is 324 g/mol. The fourth-order valence-corrected chi connectivity index (χ4v) is 4.35. The minimum atomic E-state index is 0.268. The number of thioether (sulfide) groups is 1. The number of carbonyl (C=O) groups is 1. The molecule has 3 rings (SSSR count). The number of carbonyl (C=O) groups excluding carboxylic acids is 1. The Kier molecular flexibility index (Phi) is 4.96. The molecule has 0 N–H and O–H groups in total. The maximum absolute atomic E-state index is 12.5. The Labute approximate surface area is 135 Å². The number of hydrogen-bond acceptors (Lipinski definition) is 3. The smallest absolute Gasteiger partial charge is 0.225 e. The van der Waals surface area contributed by atoms with E-state index in [4.69, 9.17) is 11.6 Å². The van der Waals surface area contributed by atoms with Crippen LogP contribution in [0.2, 0.25) is 5.02 Å². The number of rotatable bonds is 2. The first kappa shape index (κ1) is 15.0. The van der Waals surface area contributed by atoms with E-state index in [2.05, 4.69) is 15.9 Å². The highest BCUT2D eigenvalue weighted by Gasteiger charge is 2.28. The molecule has 2 aliphatic heterocycles. The van der Waals surface area contributed by atoms with Gasteiger partial charge in [-0.15, -0.1) is 0 Å². The van der Waals surface area contributed by atoms with Crippen molar-refractivity contribution < 1.29 is 4.79 Å². The van der Waals surface area contributed by atoms with Crippen LogP contribution in [0.25, 0.3) is 0 Å². The molecule has 0 spiro atoms. The van der Waals surface area contributed by atoms with Crippen molar-refractivity contribution in [3.05, 3.63) is 29.3 Å². The summed E-state index contributed by atoms with van der Waals surface area (Å²) in [5.41, 5.74) is 1.16. The van der Waals surface area contributed by atoms with Gasteiger partial charge in [-0.1, -0.05) is 17.7 Å². The highest BCUT2D eigenvalue weighted by atomic mass is 35.5. The van der Waals surface area contributed by atoms with Crippen LogP contribution in [0, 0.1) is 5.92 Å². The number of halogens is 1. The lowest BCUT2D eigenvalue weighted by Gasteiger charge is -2.38. The van der Waals surface area contributed by atoms with Crippen LogP contribution in [-0.4, -0.2) is 48.5 Å². The largest absolute Gasteiger partial charge is 0.368 e. The van der Waals surface area contributed by atoms with Crippen LogP contribution in [0.3, 0.4) is 0 Å². The molecule has 5 heteroatoms. The maximum atomic E-state index is 12.5. The lowest BCUT2D eigenvalue weighted by atomic mass is 10.0. The van der Waals surface area contributed by atoms with Crippen molar-refractivity contribution >= 4 is 35.0 Å². The van der Waals surface area contributed by atoms with E-state index >= 15 is 0 Å². The molecule has 1 aromatic rings. The van der Waals surface area contributed by atoms with Crippen molar-refractivity contribution in [3.8, 4) is 0 Å². The molecule has 0 saturated carbocycles. The molecule has 0 unspecified atom stereocenters. The summed E-state index contributed by atoms with van der Waals surface area (Å²) in [6, 6.07) is 7.96. The lowest BCUT2D eigenvalue weighted by Crippen LogP contribution is -2.50. The first-order valence-corrected chi connectivity index (χ1v) is 9.14. The summed E-state index contributed by atoms with van der Waals surface area (Å²) < 4.78 is 0. The van der Waals surface area contributed by atoms with Crippen LogP contribution >= 0.6 is 23.4 Å². The van der Waals surface area contributed by atoms with Crippen molar-refractivity contribution in [1.29, 1.82) is 0 Å². The number of anilines is 1. The van der Waals surface area contributed by atoms with Gasteiger partial charge in [-0.25, -0.2) is 0 Å². The van der Waals surface area contributed by atoms with Crippen LogP contribution < -0.4 is 4.90 Å². The third-order valence-electron chi connectivity index (χ3n) is 4.34. The van der Waals surface area contributed by atoms with E-state index < -0.39 is 0 Å². The van der Waals surface area contributed by atoms with Crippen LogP contribution in [-0.2, 0) is 4.79 Å². The minimum absolute atomic E-state index is 0.268. The average Bonchev–Trinajstić information content (AvgIpc) is 2.55. The molecule has 114 valence electrons. The van der Waals surface area contributed by atoms with Crippen LogP contribution in [0.15, 0.2) is 24.3 Å². The summed E-state index contributed by atoms with van der Waals surface area (Å²) in [6.45, 7) is 3.45. The van der Waals surface area contributed by atoms with Crippen LogP contribution in [0.4, 0.5) is 5.69 Å². The second kappa shape index (κ2) is 6.93. The number of benzene rings is 1. The van der Waals surface area contributed by atoms with Crippen LogP contribution in [0.1, 0.15) is 12.8 Å². The third kappa shape index (κ3) is 3.67. The van der Waals surface area contributed by atoms with E-state index in [1.165, 1.54) is 0 Å². The first-order chi connectivity index (χ1) is 10.2. The highest BCUT2D eigenvalue weighted by molar-refractivity contribution is 7.99. The number of piperazine rings is 1. The molecule has 0 bridgehead atoms. The normalized spacial score (nSPS) is 20.6. The first-order valence-electron chi connectivity index (χ1n) is 7.61. The van der Waals surface area contributed by atoms with Crippen molar-refractivity contribution in [2.24, 2.45) is 5.92 Å². The second-order valence-corrected chi connectivity index (χ2v) is 7.34. The highest BCUT2D eigenvalue weighted by Crippen LogP contribution is 2.26. The minimum Gasteiger partial charge on any atom is -0.368 e. The van der Waals surface area contributed by atoms with Gasteiger partial charge in [0.15, 0.2) is 0 Å². The van der Waals surface area contributed by atoms with Crippen molar-refractivity contribution in [3.63, 3.8) is 0 Å². The SMILES string of the molecule is O=C(C1CCSCC1)N1CCN(c2cccc(Cl)c2)CC1. The molecule has 0 aliphatic carbocycles. The zero-order valence-electron chi connectivity index (χ0n) is 12.1. The second-order valence-electron chi connectivity index (χ2n) is 5.68. The van der Waals surface area contributed by atoms with Gasteiger partial charge >= 0.3 is 0 Å². The molecule has 0 atom stereocenters. The summed E-state index contributed by atoms with van der Waals surface area (Å²) in [4.78, 5) is 16.9. The molecular formula is C16H21ClN2OS. The molecule has 2 saturated heterocycles. The summed E-state index contributed by atoms with van der Waals surface area (Å²) >= 11 is 8.02. The summed E-state index contributed by atoms with van der Waals surface area (Å²) in [7, 11) is 0. The maximum Gasteiger partial charge on any atom is 0.225 e. The average molecular weight is 325 g/mol. The van der Waals surface area contributed by atoms with E-state index in [-0.39, 0.29) is 5.92 Å². The Hall–Kier alpha value is -0.870. The summed E-state index contributed by atoms with van der Waals surface area (Å²) in [5, 5.41) is 0.769. The van der Waals surface area contributed by atoms with E-state index in [1.807, 2.05) is 30.0 Å². The predicted octanol–water partition coefficient (Wildman–Crippen LogP) is 3.13. The van der Waals surface area contributed by atoms with Crippen molar-refractivity contribution in [1.82, 2.24) is 4.90 Å². The van der Waals surface area contributed by atoms with E-state index in [1.54, 1.807) is 0 Å².